The van der Waals surface area contributed by atoms with Gasteiger partial charge >= 0.3 is 6.09 Å². The first-order chi connectivity index (χ1) is 20.0. The molecule has 0 radical (unpaired) electrons. The van der Waals surface area contributed by atoms with Crippen LogP contribution >= 0.6 is 0 Å². The summed E-state index contributed by atoms with van der Waals surface area (Å²) in [6.45, 7) is 5.79. The highest BCUT2D eigenvalue weighted by molar-refractivity contribution is 5.85. The molecule has 41 heavy (non-hydrogen) atoms. The molecule has 0 aromatic heterocycles. The van der Waals surface area contributed by atoms with Crippen LogP contribution in [0.4, 0.5) is 4.79 Å². The number of carbonyl (C=O) groups is 2. The number of piperidine rings is 1. The van der Waals surface area contributed by atoms with Crippen molar-refractivity contribution in [3.8, 4) is 5.75 Å². The zero-order valence-corrected chi connectivity index (χ0v) is 24.5. The smallest absolute Gasteiger partial charge is 0.410 e. The molecular formula is C34H45N3O4. The Morgan fingerprint density at radius 2 is 1.61 bits per heavy atom. The molecule has 2 aromatic rings. The summed E-state index contributed by atoms with van der Waals surface area (Å²) in [6, 6.07) is 18.7. The number of benzene rings is 2. The Kier molecular flexibility index (Phi) is 8.52. The summed E-state index contributed by atoms with van der Waals surface area (Å²) >= 11 is 0. The minimum Gasteiger partial charge on any atom is -0.497 e. The average Bonchev–Trinajstić information content (AvgIpc) is 3.57. The molecule has 1 aliphatic carbocycles. The molecule has 4 fully saturated rings. The van der Waals surface area contributed by atoms with E-state index in [9.17, 15) is 9.59 Å². The van der Waals surface area contributed by atoms with Crippen LogP contribution in [0.2, 0.25) is 0 Å². The van der Waals surface area contributed by atoms with Gasteiger partial charge in [0.1, 0.15) is 11.9 Å². The van der Waals surface area contributed by atoms with Crippen LogP contribution in [0.25, 0.3) is 0 Å². The molecule has 3 aliphatic heterocycles. The van der Waals surface area contributed by atoms with Crippen molar-refractivity contribution in [2.45, 2.75) is 69.9 Å². The second-order valence-corrected chi connectivity index (χ2v) is 12.7. The van der Waals surface area contributed by atoms with Gasteiger partial charge in [0.15, 0.2) is 0 Å². The number of ether oxygens (including phenoxy) is 2. The van der Waals surface area contributed by atoms with Crippen LogP contribution < -0.4 is 4.74 Å². The van der Waals surface area contributed by atoms with E-state index in [0.29, 0.717) is 24.3 Å². The van der Waals surface area contributed by atoms with Crippen molar-refractivity contribution in [1.29, 1.82) is 0 Å². The van der Waals surface area contributed by atoms with Gasteiger partial charge in [-0.1, -0.05) is 48.9 Å². The lowest BCUT2D eigenvalue weighted by Gasteiger charge is -2.39. The van der Waals surface area contributed by atoms with Crippen molar-refractivity contribution < 1.29 is 19.1 Å². The van der Waals surface area contributed by atoms with E-state index in [1.807, 2.05) is 17.0 Å². The van der Waals surface area contributed by atoms with Gasteiger partial charge in [0.25, 0.3) is 0 Å². The number of amides is 2. The molecule has 7 nitrogen and oxygen atoms in total. The zero-order valence-electron chi connectivity index (χ0n) is 24.5. The molecule has 2 amide bonds. The van der Waals surface area contributed by atoms with Crippen LogP contribution in [0.5, 0.6) is 5.75 Å². The molecular weight excluding hydrogens is 514 g/mol. The van der Waals surface area contributed by atoms with Crippen molar-refractivity contribution in [3.05, 3.63) is 65.7 Å². The Labute approximate surface area is 244 Å². The molecule has 0 bridgehead atoms. The van der Waals surface area contributed by atoms with Crippen LogP contribution in [0, 0.1) is 11.3 Å². The van der Waals surface area contributed by atoms with Crippen molar-refractivity contribution in [3.63, 3.8) is 0 Å². The summed E-state index contributed by atoms with van der Waals surface area (Å²) in [5, 5.41) is 0. The predicted octanol–water partition coefficient (Wildman–Crippen LogP) is 5.69. The lowest BCUT2D eigenvalue weighted by atomic mass is 9.76. The van der Waals surface area contributed by atoms with Gasteiger partial charge in [-0.15, -0.1) is 0 Å². The predicted molar refractivity (Wildman–Crippen MR) is 159 cm³/mol. The maximum Gasteiger partial charge on any atom is 0.410 e. The van der Waals surface area contributed by atoms with Gasteiger partial charge in [0.05, 0.1) is 12.5 Å². The molecule has 2 atom stereocenters. The molecule has 6 rings (SSSR count). The van der Waals surface area contributed by atoms with Gasteiger partial charge in [0, 0.05) is 38.6 Å². The first kappa shape index (κ1) is 28.1. The molecule has 0 unspecified atom stereocenters. The molecule has 220 valence electrons. The zero-order chi connectivity index (χ0) is 28.2. The Balaban J connectivity index is 1.06. The summed E-state index contributed by atoms with van der Waals surface area (Å²) in [4.78, 5) is 33.3. The van der Waals surface area contributed by atoms with Gasteiger partial charge in [0.2, 0.25) is 5.91 Å². The fraction of sp³-hybridized carbons (Fsp3) is 0.588. The van der Waals surface area contributed by atoms with Crippen molar-refractivity contribution >= 4 is 12.0 Å². The number of hydrogen-bond acceptors (Lipinski definition) is 5. The van der Waals surface area contributed by atoms with E-state index in [1.54, 1.807) is 7.11 Å². The number of hydrogen-bond donors (Lipinski definition) is 0. The maximum absolute atomic E-state index is 13.6. The van der Waals surface area contributed by atoms with Gasteiger partial charge in [-0.05, 0) is 87.2 Å². The van der Waals surface area contributed by atoms with Crippen molar-refractivity contribution in [1.82, 2.24) is 14.7 Å². The van der Waals surface area contributed by atoms with Gasteiger partial charge < -0.3 is 24.2 Å². The molecule has 7 heteroatoms. The minimum atomic E-state index is -0.215. The summed E-state index contributed by atoms with van der Waals surface area (Å²) in [7, 11) is 1.67. The fourth-order valence-electron chi connectivity index (χ4n) is 7.64. The lowest BCUT2D eigenvalue weighted by molar-refractivity contribution is -0.139. The quantitative estimate of drug-likeness (QED) is 0.436. The summed E-state index contributed by atoms with van der Waals surface area (Å²) < 4.78 is 11.2. The molecule has 1 spiro atoms. The van der Waals surface area contributed by atoms with Gasteiger partial charge in [-0.3, -0.25) is 4.79 Å². The summed E-state index contributed by atoms with van der Waals surface area (Å²) in [5.41, 5.74) is 2.24. The Hall–Kier alpha value is -3.06. The van der Waals surface area contributed by atoms with Crippen molar-refractivity contribution in [2.24, 2.45) is 11.3 Å². The van der Waals surface area contributed by atoms with Crippen molar-refractivity contribution in [2.75, 3.05) is 46.4 Å². The summed E-state index contributed by atoms with van der Waals surface area (Å²) in [5.74, 6) is 1.83. The lowest BCUT2D eigenvalue weighted by Crippen LogP contribution is -2.46. The second-order valence-electron chi connectivity index (χ2n) is 12.7. The molecule has 3 saturated heterocycles. The number of nitrogens with zero attached hydrogens (tertiary/aromatic N) is 3. The fourth-order valence-corrected chi connectivity index (χ4v) is 7.64. The topological polar surface area (TPSA) is 62.3 Å². The highest BCUT2D eigenvalue weighted by Crippen LogP contribution is 2.43. The molecule has 4 aliphatic rings. The van der Waals surface area contributed by atoms with Gasteiger partial charge in [-0.2, -0.15) is 0 Å². The normalized spacial score (nSPS) is 25.1. The Morgan fingerprint density at radius 1 is 0.902 bits per heavy atom. The van der Waals surface area contributed by atoms with E-state index in [2.05, 4.69) is 52.3 Å². The Bertz CT molecular complexity index is 1170. The first-order valence-corrected chi connectivity index (χ1v) is 15.7. The van der Waals surface area contributed by atoms with E-state index in [1.165, 1.54) is 12.0 Å². The Morgan fingerprint density at radius 3 is 2.32 bits per heavy atom. The molecule has 0 N–H and O–H groups in total. The van der Waals surface area contributed by atoms with E-state index >= 15 is 0 Å². The van der Waals surface area contributed by atoms with Crippen LogP contribution in [-0.2, 0) is 16.1 Å². The van der Waals surface area contributed by atoms with Crippen LogP contribution in [-0.4, -0.2) is 79.2 Å². The second kappa shape index (κ2) is 12.4. The number of rotatable bonds is 7. The molecule has 2 aromatic carbocycles. The minimum absolute atomic E-state index is 0.0805. The van der Waals surface area contributed by atoms with E-state index < -0.39 is 0 Å². The maximum atomic E-state index is 13.6. The van der Waals surface area contributed by atoms with Crippen LogP contribution in [0.15, 0.2) is 54.6 Å². The van der Waals surface area contributed by atoms with Crippen LogP contribution in [0.1, 0.15) is 68.4 Å². The monoisotopic (exact) mass is 559 g/mol. The number of carbonyl (C=O) groups excluding carboxylic acids is 2. The number of likely N-dealkylation sites (tertiary alicyclic amines) is 3. The van der Waals surface area contributed by atoms with E-state index in [0.717, 1.165) is 95.5 Å². The standard InChI is InChI=1S/C34H45N3O4/c1-40-29-14-12-26(13-15-29)22-36-21-18-34(32(36)38)16-19-35(20-17-34)23-28-24-37(25-31(28)27-8-4-2-5-9-27)33(39)41-30-10-6-3-7-11-30/h2,4-5,8-9,12-15,28,30-31H,3,6-7,10-11,16-25H2,1H3/t28-,31+/m0/s1. The molecule has 1 saturated carbocycles. The SMILES string of the molecule is COc1ccc(CN2CCC3(CCN(C[C@H]4CN(C(=O)OC5CCCCC5)C[C@@H]4c4ccccc4)CC3)C2=O)cc1. The largest absolute Gasteiger partial charge is 0.497 e. The summed E-state index contributed by atoms with van der Waals surface area (Å²) in [6.07, 6.45) is 8.29. The van der Waals surface area contributed by atoms with E-state index in [-0.39, 0.29) is 17.6 Å². The highest BCUT2D eigenvalue weighted by atomic mass is 16.6. The van der Waals surface area contributed by atoms with Gasteiger partial charge in [-0.25, -0.2) is 4.79 Å². The third-order valence-corrected chi connectivity index (χ3v) is 10.2. The number of methoxy groups -OCH3 is 1. The highest BCUT2D eigenvalue weighted by Gasteiger charge is 2.48. The van der Waals surface area contributed by atoms with E-state index in [4.69, 9.17) is 9.47 Å². The van der Waals surface area contributed by atoms with Crippen LogP contribution in [0.3, 0.4) is 0 Å². The third-order valence-electron chi connectivity index (χ3n) is 10.2. The molecule has 3 heterocycles. The first-order valence-electron chi connectivity index (χ1n) is 15.7. The third kappa shape index (κ3) is 6.25. The average molecular weight is 560 g/mol.